The number of imidazole rings is 1. The summed E-state index contributed by atoms with van der Waals surface area (Å²) in [5.74, 6) is 0. The maximum absolute atomic E-state index is 6.11. The summed E-state index contributed by atoms with van der Waals surface area (Å²) in [6.45, 7) is 4.92. The van der Waals surface area contributed by atoms with Crippen molar-refractivity contribution >= 4 is 0 Å². The molecule has 0 radical (unpaired) electrons. The van der Waals surface area contributed by atoms with Gasteiger partial charge in [0.05, 0.1) is 17.6 Å². The molecule has 2 N–H and O–H groups in total. The summed E-state index contributed by atoms with van der Waals surface area (Å²) in [6.07, 6.45) is 4.71. The van der Waals surface area contributed by atoms with Crippen molar-refractivity contribution in [3.05, 3.63) is 54.1 Å². The number of hydrogen-bond acceptors (Lipinski definition) is 2. The molecule has 0 atom stereocenters. The van der Waals surface area contributed by atoms with Crippen molar-refractivity contribution in [1.29, 1.82) is 0 Å². The van der Waals surface area contributed by atoms with E-state index in [1.165, 1.54) is 5.56 Å². The van der Waals surface area contributed by atoms with Gasteiger partial charge < -0.3 is 10.3 Å². The highest BCUT2D eigenvalue weighted by atomic mass is 15.1. The molecule has 0 amide bonds. The Labute approximate surface area is 102 Å². The van der Waals surface area contributed by atoms with Gasteiger partial charge in [0, 0.05) is 12.7 Å². The SMILES string of the molecule is CC(C)(N)c1cncn1CCc1ccccc1. The third-order valence-corrected chi connectivity index (χ3v) is 2.86. The number of hydrogen-bond donors (Lipinski definition) is 1. The Morgan fingerprint density at radius 3 is 2.59 bits per heavy atom. The van der Waals surface area contributed by atoms with E-state index < -0.39 is 0 Å². The highest BCUT2D eigenvalue weighted by molar-refractivity contribution is 5.15. The third-order valence-electron chi connectivity index (χ3n) is 2.86. The van der Waals surface area contributed by atoms with Crippen LogP contribution in [0.5, 0.6) is 0 Å². The van der Waals surface area contributed by atoms with Crippen LogP contribution in [0.1, 0.15) is 25.1 Å². The van der Waals surface area contributed by atoms with E-state index in [0.29, 0.717) is 0 Å². The van der Waals surface area contributed by atoms with Crippen LogP contribution in [0.2, 0.25) is 0 Å². The zero-order valence-electron chi connectivity index (χ0n) is 10.4. The van der Waals surface area contributed by atoms with Gasteiger partial charge in [0.25, 0.3) is 0 Å². The first-order chi connectivity index (χ1) is 8.07. The fourth-order valence-corrected chi connectivity index (χ4v) is 1.93. The molecule has 1 heterocycles. The molecule has 0 bridgehead atoms. The Morgan fingerprint density at radius 2 is 1.94 bits per heavy atom. The van der Waals surface area contributed by atoms with Gasteiger partial charge in [-0.05, 0) is 25.8 Å². The van der Waals surface area contributed by atoms with E-state index in [9.17, 15) is 0 Å². The molecule has 2 rings (SSSR count). The number of aryl methyl sites for hydroxylation is 2. The molecule has 0 fully saturated rings. The largest absolute Gasteiger partial charge is 0.333 e. The van der Waals surface area contributed by atoms with Gasteiger partial charge in [-0.2, -0.15) is 0 Å². The van der Waals surface area contributed by atoms with E-state index >= 15 is 0 Å². The first kappa shape index (κ1) is 11.9. The molecule has 0 aliphatic rings. The van der Waals surface area contributed by atoms with Gasteiger partial charge in [-0.3, -0.25) is 0 Å². The van der Waals surface area contributed by atoms with Gasteiger partial charge in [0.15, 0.2) is 0 Å². The summed E-state index contributed by atoms with van der Waals surface area (Å²) in [4.78, 5) is 4.18. The zero-order chi connectivity index (χ0) is 12.3. The molecule has 2 aromatic rings. The molecule has 0 aliphatic carbocycles. The van der Waals surface area contributed by atoms with Gasteiger partial charge in [0.1, 0.15) is 0 Å². The second-order valence-electron chi connectivity index (χ2n) is 4.93. The summed E-state index contributed by atoms with van der Waals surface area (Å²) in [7, 11) is 0. The normalized spacial score (nSPS) is 11.7. The maximum atomic E-state index is 6.11. The average Bonchev–Trinajstić information content (AvgIpc) is 2.75. The zero-order valence-corrected chi connectivity index (χ0v) is 10.4. The Bertz CT molecular complexity index is 466. The summed E-state index contributed by atoms with van der Waals surface area (Å²) in [6, 6.07) is 10.5. The lowest BCUT2D eigenvalue weighted by Crippen LogP contribution is -2.31. The van der Waals surface area contributed by atoms with Crippen molar-refractivity contribution in [3.63, 3.8) is 0 Å². The Hall–Kier alpha value is -1.61. The fraction of sp³-hybridized carbons (Fsp3) is 0.357. The Kier molecular flexibility index (Phi) is 3.29. The second-order valence-corrected chi connectivity index (χ2v) is 4.93. The fourth-order valence-electron chi connectivity index (χ4n) is 1.93. The smallest absolute Gasteiger partial charge is 0.0948 e. The van der Waals surface area contributed by atoms with Gasteiger partial charge in [0.2, 0.25) is 0 Å². The minimum atomic E-state index is -0.340. The van der Waals surface area contributed by atoms with Crippen LogP contribution in [0, 0.1) is 0 Å². The van der Waals surface area contributed by atoms with Crippen LogP contribution < -0.4 is 5.73 Å². The maximum Gasteiger partial charge on any atom is 0.0948 e. The van der Waals surface area contributed by atoms with Crippen molar-refractivity contribution in [3.8, 4) is 0 Å². The number of nitrogens with two attached hydrogens (primary N) is 1. The van der Waals surface area contributed by atoms with E-state index in [1.54, 1.807) is 0 Å². The van der Waals surface area contributed by atoms with Crippen molar-refractivity contribution < 1.29 is 0 Å². The third kappa shape index (κ3) is 2.94. The minimum absolute atomic E-state index is 0.340. The monoisotopic (exact) mass is 229 g/mol. The van der Waals surface area contributed by atoms with E-state index in [2.05, 4.69) is 33.8 Å². The lowest BCUT2D eigenvalue weighted by atomic mass is 10.0. The standard InChI is InChI=1S/C14H19N3/c1-14(2,15)13-10-16-11-17(13)9-8-12-6-4-3-5-7-12/h3-7,10-11H,8-9,15H2,1-2H3. The topological polar surface area (TPSA) is 43.8 Å². The molecule has 0 aliphatic heterocycles. The van der Waals surface area contributed by atoms with Crippen LogP contribution in [-0.2, 0) is 18.5 Å². The molecule has 3 nitrogen and oxygen atoms in total. The van der Waals surface area contributed by atoms with E-state index in [4.69, 9.17) is 5.73 Å². The molecular weight excluding hydrogens is 210 g/mol. The predicted octanol–water partition coefficient (Wildman–Crippen LogP) is 2.32. The minimum Gasteiger partial charge on any atom is -0.333 e. The molecule has 0 saturated carbocycles. The first-order valence-corrected chi connectivity index (χ1v) is 5.91. The Morgan fingerprint density at radius 1 is 1.24 bits per heavy atom. The second kappa shape index (κ2) is 4.72. The number of aromatic nitrogens is 2. The lowest BCUT2D eigenvalue weighted by Gasteiger charge is -2.20. The van der Waals surface area contributed by atoms with Crippen molar-refractivity contribution in [2.75, 3.05) is 0 Å². The molecule has 90 valence electrons. The molecule has 0 spiro atoms. The van der Waals surface area contributed by atoms with Gasteiger partial charge in [-0.15, -0.1) is 0 Å². The first-order valence-electron chi connectivity index (χ1n) is 5.91. The molecule has 17 heavy (non-hydrogen) atoms. The summed E-state index contributed by atoms with van der Waals surface area (Å²) in [5.41, 5.74) is 8.18. The van der Waals surface area contributed by atoms with Gasteiger partial charge in [-0.25, -0.2) is 4.98 Å². The van der Waals surface area contributed by atoms with E-state index in [-0.39, 0.29) is 5.54 Å². The lowest BCUT2D eigenvalue weighted by molar-refractivity contribution is 0.492. The average molecular weight is 229 g/mol. The quantitative estimate of drug-likeness (QED) is 0.874. The highest BCUT2D eigenvalue weighted by Gasteiger charge is 2.18. The molecule has 1 aromatic heterocycles. The van der Waals surface area contributed by atoms with Crippen molar-refractivity contribution in [2.24, 2.45) is 5.73 Å². The molecule has 0 saturated heterocycles. The van der Waals surface area contributed by atoms with Crippen LogP contribution in [0.25, 0.3) is 0 Å². The van der Waals surface area contributed by atoms with Crippen LogP contribution in [0.15, 0.2) is 42.9 Å². The highest BCUT2D eigenvalue weighted by Crippen LogP contribution is 2.16. The number of benzene rings is 1. The van der Waals surface area contributed by atoms with Crippen LogP contribution in [0.4, 0.5) is 0 Å². The molecule has 1 aromatic carbocycles. The molecular formula is C14H19N3. The van der Waals surface area contributed by atoms with Gasteiger partial charge >= 0.3 is 0 Å². The summed E-state index contributed by atoms with van der Waals surface area (Å²) in [5, 5.41) is 0. The molecule has 3 heteroatoms. The summed E-state index contributed by atoms with van der Waals surface area (Å²) >= 11 is 0. The van der Waals surface area contributed by atoms with E-state index in [0.717, 1.165) is 18.7 Å². The van der Waals surface area contributed by atoms with Crippen LogP contribution in [-0.4, -0.2) is 9.55 Å². The Balaban J connectivity index is 2.08. The van der Waals surface area contributed by atoms with Crippen LogP contribution >= 0.6 is 0 Å². The van der Waals surface area contributed by atoms with Gasteiger partial charge in [-0.1, -0.05) is 30.3 Å². The molecule has 0 unspecified atom stereocenters. The van der Waals surface area contributed by atoms with Crippen molar-refractivity contribution in [2.45, 2.75) is 32.4 Å². The van der Waals surface area contributed by atoms with Crippen LogP contribution in [0.3, 0.4) is 0 Å². The predicted molar refractivity (Wildman–Crippen MR) is 69.6 cm³/mol. The number of nitrogens with zero attached hydrogens (tertiary/aromatic N) is 2. The van der Waals surface area contributed by atoms with E-state index in [1.807, 2.05) is 32.4 Å². The number of rotatable bonds is 4. The summed E-state index contributed by atoms with van der Waals surface area (Å²) < 4.78 is 2.13. The van der Waals surface area contributed by atoms with Crippen molar-refractivity contribution in [1.82, 2.24) is 9.55 Å².